The van der Waals surface area contributed by atoms with E-state index in [0.29, 0.717) is 0 Å². The van der Waals surface area contributed by atoms with Crippen molar-refractivity contribution in [3.63, 3.8) is 0 Å². The van der Waals surface area contributed by atoms with E-state index in [9.17, 15) is 4.21 Å². The van der Waals surface area contributed by atoms with Crippen LogP contribution in [-0.4, -0.2) is 13.8 Å². The average molecular weight is 306 g/mol. The molecule has 0 fully saturated rings. The molecule has 1 atom stereocenters. The van der Waals surface area contributed by atoms with Crippen molar-refractivity contribution in [1.82, 2.24) is 9.55 Å². The third-order valence-electron chi connectivity index (χ3n) is 4.80. The van der Waals surface area contributed by atoms with Gasteiger partial charge in [-0.3, -0.25) is 0 Å². The summed E-state index contributed by atoms with van der Waals surface area (Å²) in [5, 5.41) is 0. The van der Waals surface area contributed by atoms with E-state index in [1.54, 1.807) is 0 Å². The van der Waals surface area contributed by atoms with Gasteiger partial charge in [0.2, 0.25) is 0 Å². The van der Waals surface area contributed by atoms with E-state index in [4.69, 9.17) is 0 Å². The molecule has 0 saturated heterocycles. The third-order valence-corrected chi connectivity index (χ3v) is 6.34. The van der Waals surface area contributed by atoms with Gasteiger partial charge in [0.05, 0.1) is 26.3 Å². The molecule has 4 heterocycles. The summed E-state index contributed by atoms with van der Waals surface area (Å²) < 4.78 is 15.2. The second kappa shape index (κ2) is 3.76. The number of pyridine rings is 1. The number of hydrogen-bond donors (Lipinski definition) is 0. The smallest absolute Gasteiger partial charge is 0.141 e. The van der Waals surface area contributed by atoms with E-state index in [2.05, 4.69) is 41.7 Å². The average Bonchev–Trinajstić information content (AvgIpc) is 3.11. The fourth-order valence-corrected chi connectivity index (χ4v) is 5.48. The quantitative estimate of drug-likeness (QED) is 0.497. The number of fused-ring (bicyclic) bond motifs is 7. The predicted molar refractivity (Wildman–Crippen MR) is 85.8 cm³/mol. The Morgan fingerprint density at radius 1 is 1.09 bits per heavy atom. The van der Waals surface area contributed by atoms with Gasteiger partial charge < -0.3 is 4.57 Å². The highest BCUT2D eigenvalue weighted by Gasteiger charge is 2.44. The fraction of sp³-hybridized carbons (Fsp3) is 0.167. The first-order chi connectivity index (χ1) is 10.6. The number of aromatic nitrogens is 2. The molecule has 0 bridgehead atoms. The van der Waals surface area contributed by atoms with E-state index in [1.807, 2.05) is 30.5 Å². The highest BCUT2D eigenvalue weighted by molar-refractivity contribution is 7.85. The van der Waals surface area contributed by atoms with Crippen molar-refractivity contribution in [3.8, 4) is 16.9 Å². The summed E-state index contributed by atoms with van der Waals surface area (Å²) in [4.78, 5) is 6.44. The van der Waals surface area contributed by atoms with Crippen molar-refractivity contribution in [1.29, 1.82) is 0 Å². The van der Waals surface area contributed by atoms with Crippen molar-refractivity contribution in [3.05, 3.63) is 60.0 Å². The molecule has 2 aliphatic rings. The summed E-state index contributed by atoms with van der Waals surface area (Å²) in [6.07, 6.45) is 3.93. The molecule has 22 heavy (non-hydrogen) atoms. The van der Waals surface area contributed by atoms with Gasteiger partial charge in [0.1, 0.15) is 5.82 Å². The highest BCUT2D eigenvalue weighted by atomic mass is 32.2. The molecule has 0 N–H and O–H groups in total. The molecule has 5 rings (SSSR count). The predicted octanol–water partition coefficient (Wildman–Crippen LogP) is 3.66. The molecular formula is C18H14N2OS. The maximum Gasteiger partial charge on any atom is 0.141 e. The van der Waals surface area contributed by atoms with Crippen LogP contribution in [0.3, 0.4) is 0 Å². The number of rotatable bonds is 0. The van der Waals surface area contributed by atoms with Gasteiger partial charge in [0.15, 0.2) is 0 Å². The molecule has 0 amide bonds. The van der Waals surface area contributed by atoms with Gasteiger partial charge in [-0.25, -0.2) is 9.19 Å². The van der Waals surface area contributed by atoms with Gasteiger partial charge >= 0.3 is 0 Å². The molecule has 0 aliphatic carbocycles. The maximum absolute atomic E-state index is 13.0. The lowest BCUT2D eigenvalue weighted by Crippen LogP contribution is -2.17. The zero-order chi connectivity index (χ0) is 15.1. The lowest BCUT2D eigenvalue weighted by molar-refractivity contribution is 0.624. The molecule has 108 valence electrons. The van der Waals surface area contributed by atoms with E-state index >= 15 is 0 Å². The summed E-state index contributed by atoms with van der Waals surface area (Å²) in [7, 11) is -1.11. The van der Waals surface area contributed by atoms with Gasteiger partial charge in [0.25, 0.3) is 0 Å². The molecule has 1 unspecified atom stereocenters. The first-order valence-electron chi connectivity index (χ1n) is 7.33. The Kier molecular flexibility index (Phi) is 2.11. The largest absolute Gasteiger partial charge is 0.303 e. The Morgan fingerprint density at radius 2 is 1.91 bits per heavy atom. The van der Waals surface area contributed by atoms with Gasteiger partial charge in [-0.05, 0) is 12.1 Å². The topological polar surface area (TPSA) is 34.9 Å². The molecule has 2 aromatic heterocycles. The normalized spacial score (nSPS) is 19.5. The summed E-state index contributed by atoms with van der Waals surface area (Å²) >= 11 is 0. The summed E-state index contributed by atoms with van der Waals surface area (Å²) in [6, 6.07) is 12.1. The third kappa shape index (κ3) is 1.23. The van der Waals surface area contributed by atoms with Crippen LogP contribution in [0.1, 0.15) is 25.1 Å². The molecule has 1 aromatic carbocycles. The van der Waals surface area contributed by atoms with Crippen molar-refractivity contribution in [2.45, 2.75) is 29.1 Å². The summed E-state index contributed by atoms with van der Waals surface area (Å²) in [6.45, 7) is 4.37. The summed E-state index contributed by atoms with van der Waals surface area (Å²) in [5.41, 5.74) is 4.31. The monoisotopic (exact) mass is 306 g/mol. The molecule has 0 spiro atoms. The van der Waals surface area contributed by atoms with E-state index < -0.39 is 10.8 Å². The van der Waals surface area contributed by atoms with Crippen LogP contribution in [0.15, 0.2) is 58.6 Å². The van der Waals surface area contributed by atoms with Crippen molar-refractivity contribution >= 4 is 10.8 Å². The lowest BCUT2D eigenvalue weighted by Gasteiger charge is -2.19. The molecule has 2 aliphatic heterocycles. The second-order valence-electron chi connectivity index (χ2n) is 6.35. The zero-order valence-corrected chi connectivity index (χ0v) is 13.1. The van der Waals surface area contributed by atoms with Crippen LogP contribution in [0.5, 0.6) is 0 Å². The fourth-order valence-electron chi connectivity index (χ4n) is 3.79. The van der Waals surface area contributed by atoms with Crippen LogP contribution in [-0.2, 0) is 16.2 Å². The minimum Gasteiger partial charge on any atom is -0.303 e. The van der Waals surface area contributed by atoms with Crippen molar-refractivity contribution in [2.24, 2.45) is 0 Å². The minimum atomic E-state index is -1.11. The molecule has 0 saturated carbocycles. The Labute approximate surface area is 131 Å². The number of hydrogen-bond acceptors (Lipinski definition) is 2. The first kappa shape index (κ1) is 12.4. The Morgan fingerprint density at radius 3 is 2.77 bits per heavy atom. The van der Waals surface area contributed by atoms with Crippen molar-refractivity contribution < 1.29 is 4.21 Å². The second-order valence-corrected chi connectivity index (χ2v) is 7.74. The van der Waals surface area contributed by atoms with E-state index in [0.717, 1.165) is 32.4 Å². The van der Waals surface area contributed by atoms with Gasteiger partial charge in [-0.15, -0.1) is 0 Å². The Balaban J connectivity index is 1.90. The van der Waals surface area contributed by atoms with Crippen LogP contribution < -0.4 is 0 Å². The van der Waals surface area contributed by atoms with Gasteiger partial charge in [0, 0.05) is 34.5 Å². The minimum absolute atomic E-state index is 0.186. The SMILES string of the molecule is CC1(C)c2cccnc2-n2cc3c(c21)S(=O)c1ccccc1-3. The highest BCUT2D eigenvalue weighted by Crippen LogP contribution is 2.52. The maximum atomic E-state index is 13.0. The Bertz CT molecular complexity index is 985. The Hall–Kier alpha value is -2.20. The molecule has 3 nitrogen and oxygen atoms in total. The number of benzene rings is 1. The van der Waals surface area contributed by atoms with Crippen LogP contribution in [0.25, 0.3) is 16.9 Å². The lowest BCUT2D eigenvalue weighted by atomic mass is 9.84. The zero-order valence-electron chi connectivity index (χ0n) is 12.3. The van der Waals surface area contributed by atoms with Gasteiger partial charge in [-0.1, -0.05) is 38.1 Å². The van der Waals surface area contributed by atoms with Crippen molar-refractivity contribution in [2.75, 3.05) is 0 Å². The van der Waals surface area contributed by atoms with Gasteiger partial charge in [-0.2, -0.15) is 0 Å². The van der Waals surface area contributed by atoms with Crippen LogP contribution in [0.4, 0.5) is 0 Å². The van der Waals surface area contributed by atoms with E-state index in [-0.39, 0.29) is 5.41 Å². The summed E-state index contributed by atoms with van der Waals surface area (Å²) in [5.74, 6) is 0.964. The van der Waals surface area contributed by atoms with Crippen LogP contribution in [0, 0.1) is 0 Å². The molecular weight excluding hydrogens is 292 g/mol. The molecule has 4 heteroatoms. The standard InChI is InChI=1S/C18H14N2OS/c1-18(2)13-7-5-9-19-17(13)20-10-12-11-6-3-4-8-14(11)22(21)15(12)16(18)20/h3-10H,1-2H3. The molecule has 3 aromatic rings. The van der Waals surface area contributed by atoms with Crippen LogP contribution >= 0.6 is 0 Å². The van der Waals surface area contributed by atoms with E-state index in [1.165, 1.54) is 5.56 Å². The number of nitrogens with zero attached hydrogens (tertiary/aromatic N) is 2. The van der Waals surface area contributed by atoms with Crippen LogP contribution in [0.2, 0.25) is 0 Å². The first-order valence-corrected chi connectivity index (χ1v) is 8.48. The molecule has 0 radical (unpaired) electrons.